The number of hydrogen-bond donors (Lipinski definition) is 1. The fourth-order valence-electron chi connectivity index (χ4n) is 9.91. The first-order chi connectivity index (χ1) is 32.3. The van der Waals surface area contributed by atoms with Crippen LogP contribution in [0.3, 0.4) is 0 Å². The lowest BCUT2D eigenvalue weighted by Crippen LogP contribution is -2.43. The van der Waals surface area contributed by atoms with Crippen molar-refractivity contribution in [3.8, 4) is 28.4 Å². The van der Waals surface area contributed by atoms with E-state index in [1.165, 1.54) is 34.5 Å². The van der Waals surface area contributed by atoms with E-state index in [9.17, 15) is 23.5 Å². The Bertz CT molecular complexity index is 3080. The average Bonchev–Trinajstić information content (AvgIpc) is 3.95. The smallest absolute Gasteiger partial charge is 0.333 e. The van der Waals surface area contributed by atoms with E-state index in [2.05, 4.69) is 29.9 Å². The number of halogens is 3. The molecule has 1 N–H and O–H groups in total. The van der Waals surface area contributed by atoms with Gasteiger partial charge in [0.2, 0.25) is 5.91 Å². The van der Waals surface area contributed by atoms with Crippen molar-refractivity contribution in [2.45, 2.75) is 78.6 Å². The van der Waals surface area contributed by atoms with Gasteiger partial charge in [0.05, 0.1) is 40.9 Å². The number of aryl methyl sites for hydroxylation is 1. The first-order valence-electron chi connectivity index (χ1n) is 23.0. The van der Waals surface area contributed by atoms with E-state index in [0.29, 0.717) is 76.2 Å². The molecule has 0 bridgehead atoms. The number of amides is 2. The second-order valence-corrected chi connectivity index (χ2v) is 17.8. The molecule has 2 aliphatic rings. The van der Waals surface area contributed by atoms with Gasteiger partial charge >= 0.3 is 6.55 Å². The molecule has 0 saturated carbocycles. The minimum atomic E-state index is -2.92. The summed E-state index contributed by atoms with van der Waals surface area (Å²) < 4.78 is 52.4. The predicted octanol–water partition coefficient (Wildman–Crippen LogP) is 8.80. The maximum Gasteiger partial charge on any atom is 0.333 e. The second-order valence-electron chi connectivity index (χ2n) is 17.8. The molecule has 67 heavy (non-hydrogen) atoms. The maximum absolute atomic E-state index is 15.5. The summed E-state index contributed by atoms with van der Waals surface area (Å²) in [5.74, 6) is -0.622. The molecule has 12 nitrogen and oxygen atoms in total. The molecule has 0 radical (unpaired) electrons. The van der Waals surface area contributed by atoms with Gasteiger partial charge in [-0.05, 0) is 116 Å². The zero-order valence-electron chi connectivity index (χ0n) is 38.1. The topological polar surface area (TPSA) is 118 Å². The molecule has 0 saturated heterocycles. The van der Waals surface area contributed by atoms with Gasteiger partial charge in [0.1, 0.15) is 23.9 Å². The van der Waals surface area contributed by atoms with Crippen molar-refractivity contribution in [1.29, 1.82) is 0 Å². The van der Waals surface area contributed by atoms with Crippen LogP contribution in [0.25, 0.3) is 38.8 Å². The summed E-state index contributed by atoms with van der Waals surface area (Å²) in [6.45, 7) is 7.46. The van der Waals surface area contributed by atoms with Crippen molar-refractivity contribution in [3.63, 3.8) is 0 Å². The lowest BCUT2D eigenvalue weighted by molar-refractivity contribution is -0.131. The number of phenols is 1. The van der Waals surface area contributed by atoms with Gasteiger partial charge in [-0.15, -0.1) is 0 Å². The summed E-state index contributed by atoms with van der Waals surface area (Å²) in [7, 11) is 1.79. The number of alkyl halides is 2. The van der Waals surface area contributed by atoms with Crippen molar-refractivity contribution < 1.29 is 32.6 Å². The van der Waals surface area contributed by atoms with E-state index in [1.54, 1.807) is 36.2 Å². The summed E-state index contributed by atoms with van der Waals surface area (Å²) in [6, 6.07) is 22.6. The largest absolute Gasteiger partial charge is 0.508 e. The van der Waals surface area contributed by atoms with Crippen LogP contribution in [0.15, 0.2) is 96.1 Å². The van der Waals surface area contributed by atoms with Crippen LogP contribution in [0.1, 0.15) is 78.3 Å². The van der Waals surface area contributed by atoms with Gasteiger partial charge < -0.3 is 24.2 Å². The summed E-state index contributed by atoms with van der Waals surface area (Å²) in [5, 5.41) is 15.2. The van der Waals surface area contributed by atoms with E-state index in [0.717, 1.165) is 55.4 Å². The first-order valence-corrected chi connectivity index (χ1v) is 23.0. The number of aromatic hydroxyl groups is 1. The molecule has 0 aliphatic carbocycles. The van der Waals surface area contributed by atoms with Gasteiger partial charge in [0.25, 0.3) is 11.5 Å². The number of carbonyl (C=O) groups is 2. The van der Waals surface area contributed by atoms with E-state index in [1.807, 2.05) is 46.7 Å². The Labute approximate surface area is 386 Å². The third-order valence-corrected chi connectivity index (χ3v) is 13.3. The van der Waals surface area contributed by atoms with Crippen LogP contribution in [0, 0.1) is 5.82 Å². The number of ether oxygens (including phenoxy) is 1. The molecule has 1 atom stereocenters. The molecule has 4 aromatic carbocycles. The highest BCUT2D eigenvalue weighted by Crippen LogP contribution is 2.38. The third-order valence-electron chi connectivity index (χ3n) is 13.3. The average molecular weight is 914 g/mol. The van der Waals surface area contributed by atoms with Crippen molar-refractivity contribution in [2.75, 3.05) is 32.8 Å². The normalized spacial score (nSPS) is 14.9. The molecule has 7 aromatic rings. The Morgan fingerprint density at radius 2 is 1.69 bits per heavy atom. The Balaban J connectivity index is 1.07. The molecular weight excluding hydrogens is 860 g/mol. The fourth-order valence-corrected chi connectivity index (χ4v) is 9.91. The van der Waals surface area contributed by atoms with Crippen molar-refractivity contribution in [1.82, 2.24) is 33.6 Å². The molecule has 9 rings (SSSR count). The number of pyridine rings is 1. The predicted molar refractivity (Wildman–Crippen MR) is 251 cm³/mol. The van der Waals surface area contributed by atoms with Crippen LogP contribution in [0.4, 0.5) is 13.2 Å². The Hall–Kier alpha value is -6.87. The summed E-state index contributed by atoms with van der Waals surface area (Å²) >= 11 is 0. The zero-order valence-corrected chi connectivity index (χ0v) is 38.1. The fraction of sp³-hybridized carbons (Fsp3) is 0.346. The Kier molecular flexibility index (Phi) is 12.7. The minimum absolute atomic E-state index is 0.0611. The molecule has 3 aromatic heterocycles. The van der Waals surface area contributed by atoms with E-state index in [4.69, 9.17) is 4.74 Å². The minimum Gasteiger partial charge on any atom is -0.508 e. The van der Waals surface area contributed by atoms with E-state index < -0.39 is 17.9 Å². The van der Waals surface area contributed by atoms with Gasteiger partial charge in [-0.25, -0.2) is 9.07 Å². The number of aromatic nitrogens is 4. The second kappa shape index (κ2) is 18.8. The highest BCUT2D eigenvalue weighted by atomic mass is 19.3. The molecule has 2 amide bonds. The highest BCUT2D eigenvalue weighted by Gasteiger charge is 2.32. The van der Waals surface area contributed by atoms with Crippen molar-refractivity contribution in [3.05, 3.63) is 141 Å². The third kappa shape index (κ3) is 8.80. The summed E-state index contributed by atoms with van der Waals surface area (Å²) in [6.07, 6.45) is 5.36. The molecule has 2 aliphatic heterocycles. The monoisotopic (exact) mass is 913 g/mol. The maximum atomic E-state index is 15.5. The van der Waals surface area contributed by atoms with Crippen LogP contribution in [-0.2, 0) is 44.2 Å². The number of rotatable bonds is 14. The zero-order chi connectivity index (χ0) is 47.1. The number of phenolic OH excluding ortho intramolecular Hbond substituents is 1. The van der Waals surface area contributed by atoms with Crippen LogP contribution in [0.5, 0.6) is 11.5 Å². The van der Waals surface area contributed by atoms with Crippen LogP contribution in [0.2, 0.25) is 0 Å². The molecule has 1 unspecified atom stereocenters. The van der Waals surface area contributed by atoms with Crippen molar-refractivity contribution >= 4 is 33.6 Å². The van der Waals surface area contributed by atoms with Crippen LogP contribution >= 0.6 is 0 Å². The van der Waals surface area contributed by atoms with E-state index in [-0.39, 0.29) is 53.2 Å². The SMILES string of the molecule is CCCN(CCC)CCOc1ccc(CC(=O)N2CCc3cc(-c4cc5c(=O)n(-c6cnn(C(F)F)c6)c6ccc(O)cc6c5n4C)c(C(=O)N4Cc5ccccc5CC4C)cc3C2)c(F)c1. The van der Waals surface area contributed by atoms with Crippen LogP contribution in [-0.4, -0.2) is 89.4 Å². The number of carbonyl (C=O) groups excluding carboxylic acids is 2. The standard InChI is InChI=1S/C52H54F3N7O5/c1-5-16-58(17-6-2)19-20-67-40-13-11-35(45(53)26-40)24-48(64)59-18-15-34-22-41(42(23-37(34)29-59)50(65)60-30-36-10-8-7-9-33(36)21-32(60)3)47-27-44-49(57(47)4)43-25-39(63)12-14-46(43)62(51(44)66)38-28-56-61(31-38)52(54)55/h7-14,22-23,25-28,31-32,52,63H,5-6,15-21,24,29-30H2,1-4H3. The van der Waals surface area contributed by atoms with Crippen LogP contribution < -0.4 is 10.3 Å². The summed E-state index contributed by atoms with van der Waals surface area (Å²) in [5.41, 5.74) is 6.18. The molecular formula is C52H54F3N7O5. The van der Waals surface area contributed by atoms with Gasteiger partial charge in [-0.2, -0.15) is 13.9 Å². The number of nitrogens with zero attached hydrogens (tertiary/aromatic N) is 7. The Morgan fingerprint density at radius 1 is 0.910 bits per heavy atom. The Morgan fingerprint density at radius 3 is 2.42 bits per heavy atom. The molecule has 348 valence electrons. The lowest BCUT2D eigenvalue weighted by atomic mass is 9.89. The lowest BCUT2D eigenvalue weighted by Gasteiger charge is -2.36. The highest BCUT2D eigenvalue weighted by molar-refractivity contribution is 6.09. The molecule has 0 spiro atoms. The van der Waals surface area contributed by atoms with Crippen molar-refractivity contribution in [2.24, 2.45) is 7.05 Å². The van der Waals surface area contributed by atoms with Gasteiger partial charge in [-0.1, -0.05) is 44.2 Å². The number of hydrogen-bond acceptors (Lipinski definition) is 7. The number of benzene rings is 4. The molecule has 15 heteroatoms. The first kappa shape index (κ1) is 45.3. The van der Waals surface area contributed by atoms with E-state index >= 15 is 9.18 Å². The van der Waals surface area contributed by atoms with Gasteiger partial charge in [0.15, 0.2) is 0 Å². The number of fused-ring (bicyclic) bond motifs is 5. The van der Waals surface area contributed by atoms with Gasteiger partial charge in [0, 0.05) is 67.5 Å². The summed E-state index contributed by atoms with van der Waals surface area (Å²) in [4.78, 5) is 49.5. The molecule has 0 fully saturated rings. The quantitative estimate of drug-likeness (QED) is 0.116. The molecule has 5 heterocycles. The van der Waals surface area contributed by atoms with Gasteiger partial charge in [-0.3, -0.25) is 23.9 Å².